The maximum Gasteiger partial charge on any atom is 0.149 e. The predicted octanol–water partition coefficient (Wildman–Crippen LogP) is 4.61. The number of halogens is 3. The molecule has 112 valence electrons. The average Bonchev–Trinajstić information content (AvgIpc) is 2.45. The summed E-state index contributed by atoms with van der Waals surface area (Å²) >= 11 is 3.01. The van der Waals surface area contributed by atoms with Gasteiger partial charge in [0.25, 0.3) is 0 Å². The number of aromatic hydroxyl groups is 1. The number of phenols is 1. The molecule has 2 rings (SSSR count). The molecule has 21 heavy (non-hydrogen) atoms. The lowest BCUT2D eigenvalue weighted by Gasteiger charge is -2.18. The van der Waals surface area contributed by atoms with Crippen molar-refractivity contribution < 1.29 is 18.6 Å². The molecule has 1 unspecified atom stereocenters. The summed E-state index contributed by atoms with van der Waals surface area (Å²) in [6, 6.07) is 6.50. The zero-order valence-electron chi connectivity index (χ0n) is 11.5. The highest BCUT2D eigenvalue weighted by Crippen LogP contribution is 2.32. The van der Waals surface area contributed by atoms with Crippen molar-refractivity contribution in [3.63, 3.8) is 0 Å². The minimum Gasteiger partial charge on any atom is -0.508 e. The first kappa shape index (κ1) is 15.6. The highest BCUT2D eigenvalue weighted by Gasteiger charge is 2.15. The van der Waals surface area contributed by atoms with E-state index in [2.05, 4.69) is 21.2 Å². The topological polar surface area (TPSA) is 41.5 Å². The standard InChI is InChI=1S/C15H14BrF2NO2/c1-8(10-5-9(21-2)3-4-15(10)20)19-14-6-11(16)12(17)7-13(14)18/h3-8,19-20H,1-2H3. The molecule has 0 saturated carbocycles. The van der Waals surface area contributed by atoms with Crippen LogP contribution >= 0.6 is 15.9 Å². The molecule has 0 heterocycles. The van der Waals surface area contributed by atoms with Gasteiger partial charge in [0.1, 0.15) is 23.1 Å². The number of rotatable bonds is 4. The minimum atomic E-state index is -0.704. The van der Waals surface area contributed by atoms with Crippen molar-refractivity contribution >= 4 is 21.6 Å². The third-order valence-electron chi connectivity index (χ3n) is 3.08. The number of anilines is 1. The van der Waals surface area contributed by atoms with E-state index in [0.29, 0.717) is 11.3 Å². The normalized spacial score (nSPS) is 12.0. The van der Waals surface area contributed by atoms with Crippen molar-refractivity contribution in [3.05, 3.63) is 52.0 Å². The van der Waals surface area contributed by atoms with Gasteiger partial charge in [-0.2, -0.15) is 0 Å². The largest absolute Gasteiger partial charge is 0.508 e. The Morgan fingerprint density at radius 2 is 1.90 bits per heavy atom. The number of phenolic OH excluding ortho intramolecular Hbond substituents is 1. The molecule has 0 aliphatic rings. The van der Waals surface area contributed by atoms with E-state index in [0.717, 1.165) is 6.07 Å². The van der Waals surface area contributed by atoms with Crippen LogP contribution in [0.1, 0.15) is 18.5 Å². The van der Waals surface area contributed by atoms with Crippen LogP contribution in [-0.2, 0) is 0 Å². The van der Waals surface area contributed by atoms with Crippen LogP contribution in [-0.4, -0.2) is 12.2 Å². The number of ether oxygens (including phenoxy) is 1. The van der Waals surface area contributed by atoms with Gasteiger partial charge in [-0.1, -0.05) is 0 Å². The fraction of sp³-hybridized carbons (Fsp3) is 0.200. The van der Waals surface area contributed by atoms with Crippen LogP contribution in [0.25, 0.3) is 0 Å². The first-order valence-corrected chi connectivity index (χ1v) is 6.99. The number of methoxy groups -OCH3 is 1. The van der Waals surface area contributed by atoms with E-state index < -0.39 is 17.7 Å². The molecule has 6 heteroatoms. The fourth-order valence-electron chi connectivity index (χ4n) is 1.95. The molecule has 0 fully saturated rings. The highest BCUT2D eigenvalue weighted by molar-refractivity contribution is 9.10. The summed E-state index contributed by atoms with van der Waals surface area (Å²) in [5.74, 6) is -0.727. The van der Waals surface area contributed by atoms with Gasteiger partial charge in [-0.3, -0.25) is 0 Å². The second kappa shape index (κ2) is 6.30. The Hall–Kier alpha value is -1.82. The molecule has 0 radical (unpaired) electrons. The summed E-state index contributed by atoms with van der Waals surface area (Å²) in [7, 11) is 1.52. The molecule has 0 aliphatic carbocycles. The lowest BCUT2D eigenvalue weighted by molar-refractivity contribution is 0.410. The van der Waals surface area contributed by atoms with Gasteiger partial charge in [-0.05, 0) is 47.1 Å². The summed E-state index contributed by atoms with van der Waals surface area (Å²) in [4.78, 5) is 0. The van der Waals surface area contributed by atoms with E-state index in [9.17, 15) is 13.9 Å². The van der Waals surface area contributed by atoms with E-state index in [1.807, 2.05) is 0 Å². The quantitative estimate of drug-likeness (QED) is 0.784. The predicted molar refractivity (Wildman–Crippen MR) is 80.8 cm³/mol. The molecule has 3 nitrogen and oxygen atoms in total. The molecule has 2 aromatic carbocycles. The summed E-state index contributed by atoms with van der Waals surface area (Å²) in [5, 5.41) is 12.8. The SMILES string of the molecule is COc1ccc(O)c(C(C)Nc2cc(Br)c(F)cc2F)c1. The monoisotopic (exact) mass is 357 g/mol. The summed E-state index contributed by atoms with van der Waals surface area (Å²) in [6.07, 6.45) is 0. The maximum absolute atomic E-state index is 13.7. The lowest BCUT2D eigenvalue weighted by Crippen LogP contribution is -2.09. The van der Waals surface area contributed by atoms with Gasteiger partial charge in [0.15, 0.2) is 0 Å². The number of hydrogen-bond acceptors (Lipinski definition) is 3. The molecule has 0 saturated heterocycles. The van der Waals surface area contributed by atoms with Crippen molar-refractivity contribution in [1.29, 1.82) is 0 Å². The summed E-state index contributed by atoms with van der Waals surface area (Å²) in [5.41, 5.74) is 0.687. The first-order valence-electron chi connectivity index (χ1n) is 6.20. The van der Waals surface area contributed by atoms with E-state index in [-0.39, 0.29) is 15.9 Å². The van der Waals surface area contributed by atoms with Crippen molar-refractivity contribution in [1.82, 2.24) is 0 Å². The minimum absolute atomic E-state index is 0.0670. The average molecular weight is 358 g/mol. The molecule has 0 bridgehead atoms. The van der Waals surface area contributed by atoms with Crippen LogP contribution in [0.3, 0.4) is 0 Å². The van der Waals surface area contributed by atoms with Crippen LogP contribution in [0.5, 0.6) is 11.5 Å². The molecule has 2 aromatic rings. The Kier molecular flexibility index (Phi) is 4.67. The fourth-order valence-corrected chi connectivity index (χ4v) is 2.29. The molecule has 0 aromatic heterocycles. The third-order valence-corrected chi connectivity index (χ3v) is 3.69. The van der Waals surface area contributed by atoms with Gasteiger partial charge >= 0.3 is 0 Å². The highest BCUT2D eigenvalue weighted by atomic mass is 79.9. The zero-order chi connectivity index (χ0) is 15.6. The van der Waals surface area contributed by atoms with E-state index in [1.54, 1.807) is 19.1 Å². The lowest BCUT2D eigenvalue weighted by atomic mass is 10.1. The van der Waals surface area contributed by atoms with Gasteiger partial charge in [0.05, 0.1) is 23.3 Å². The second-order valence-corrected chi connectivity index (χ2v) is 5.39. The molecule has 0 spiro atoms. The Morgan fingerprint density at radius 1 is 1.19 bits per heavy atom. The zero-order valence-corrected chi connectivity index (χ0v) is 13.0. The van der Waals surface area contributed by atoms with Crippen LogP contribution in [0.15, 0.2) is 34.8 Å². The van der Waals surface area contributed by atoms with Gasteiger partial charge < -0.3 is 15.2 Å². The number of nitrogens with one attached hydrogen (secondary N) is 1. The van der Waals surface area contributed by atoms with E-state index in [4.69, 9.17) is 4.74 Å². The Balaban J connectivity index is 2.30. The third kappa shape index (κ3) is 3.44. The molecule has 2 N–H and O–H groups in total. The molecular formula is C15H14BrF2NO2. The van der Waals surface area contributed by atoms with E-state index >= 15 is 0 Å². The van der Waals surface area contributed by atoms with Gasteiger partial charge in [0, 0.05) is 11.6 Å². The van der Waals surface area contributed by atoms with Gasteiger partial charge in [-0.25, -0.2) is 8.78 Å². The molecular weight excluding hydrogens is 344 g/mol. The van der Waals surface area contributed by atoms with Crippen LogP contribution < -0.4 is 10.1 Å². The van der Waals surface area contributed by atoms with Crippen LogP contribution in [0.4, 0.5) is 14.5 Å². The Morgan fingerprint density at radius 3 is 2.57 bits per heavy atom. The van der Waals surface area contributed by atoms with Crippen molar-refractivity contribution in [2.45, 2.75) is 13.0 Å². The van der Waals surface area contributed by atoms with E-state index in [1.165, 1.54) is 19.2 Å². The Labute approximate surface area is 129 Å². The van der Waals surface area contributed by atoms with Gasteiger partial charge in [0.2, 0.25) is 0 Å². The molecule has 0 aliphatic heterocycles. The van der Waals surface area contributed by atoms with Crippen molar-refractivity contribution in [2.24, 2.45) is 0 Å². The smallest absolute Gasteiger partial charge is 0.149 e. The van der Waals surface area contributed by atoms with Crippen molar-refractivity contribution in [2.75, 3.05) is 12.4 Å². The summed E-state index contributed by atoms with van der Waals surface area (Å²) < 4.78 is 32.2. The first-order chi connectivity index (χ1) is 9.92. The molecule has 1 atom stereocenters. The van der Waals surface area contributed by atoms with Crippen LogP contribution in [0.2, 0.25) is 0 Å². The second-order valence-electron chi connectivity index (χ2n) is 4.54. The van der Waals surface area contributed by atoms with Crippen molar-refractivity contribution in [3.8, 4) is 11.5 Å². The number of benzene rings is 2. The number of hydrogen-bond donors (Lipinski definition) is 2. The van der Waals surface area contributed by atoms with Crippen LogP contribution in [0, 0.1) is 11.6 Å². The van der Waals surface area contributed by atoms with Gasteiger partial charge in [-0.15, -0.1) is 0 Å². The Bertz CT molecular complexity index is 664. The summed E-state index contributed by atoms with van der Waals surface area (Å²) in [6.45, 7) is 1.76. The molecule has 0 amide bonds. The maximum atomic E-state index is 13.7.